The van der Waals surface area contributed by atoms with E-state index in [2.05, 4.69) is 26.1 Å². The molecule has 4 N–H and O–H groups in total. The molecule has 1 fully saturated rings. The molecule has 0 aliphatic carbocycles. The van der Waals surface area contributed by atoms with Crippen LogP contribution in [0.1, 0.15) is 19.5 Å². The van der Waals surface area contributed by atoms with E-state index in [0.717, 1.165) is 0 Å². The third-order valence-corrected chi connectivity index (χ3v) is 6.52. The molecular formula is C26H29FN8O4. The van der Waals surface area contributed by atoms with Crippen LogP contribution in [0.4, 0.5) is 14.9 Å². The van der Waals surface area contributed by atoms with Crippen LogP contribution in [0.3, 0.4) is 0 Å². The van der Waals surface area contributed by atoms with Gasteiger partial charge in [-0.2, -0.15) is 0 Å². The fraction of sp³-hybridized carbons (Fsp3) is 0.346. The topological polar surface area (TPSA) is 150 Å². The third kappa shape index (κ3) is 5.89. The summed E-state index contributed by atoms with van der Waals surface area (Å²) >= 11 is 0. The van der Waals surface area contributed by atoms with Crippen LogP contribution in [-0.2, 0) is 20.9 Å². The molecule has 0 saturated carbocycles. The van der Waals surface area contributed by atoms with E-state index in [9.17, 15) is 9.59 Å². The first-order valence-corrected chi connectivity index (χ1v) is 12.5. The molecule has 2 amide bonds. The number of pyridine rings is 1. The number of hydrogen-bond acceptors (Lipinski definition) is 9. The minimum atomic E-state index is -0.585. The number of ether oxygens (including phenoxy) is 1. The SMILES string of the molecule is CC(C)[C@@H](N)C(=O)NC[C@@H]1C=C(c2ccc(-c3ccc(N4C[C@H](Cn5ccnn5)OC4=O)cc3F)cn2)NO1. The highest BCUT2D eigenvalue weighted by Crippen LogP contribution is 2.30. The van der Waals surface area contributed by atoms with Crippen LogP contribution in [-0.4, -0.2) is 63.3 Å². The highest BCUT2D eigenvalue weighted by Gasteiger charge is 2.33. The first-order valence-electron chi connectivity index (χ1n) is 12.5. The van der Waals surface area contributed by atoms with E-state index in [1.165, 1.54) is 11.0 Å². The van der Waals surface area contributed by atoms with Gasteiger partial charge in [-0.05, 0) is 36.3 Å². The molecule has 12 nitrogen and oxygen atoms in total. The average molecular weight is 537 g/mol. The summed E-state index contributed by atoms with van der Waals surface area (Å²) in [6.45, 7) is 4.66. The summed E-state index contributed by atoms with van der Waals surface area (Å²) < 4.78 is 22.1. The van der Waals surface area contributed by atoms with Crippen LogP contribution in [0.15, 0.2) is 55.0 Å². The Morgan fingerprint density at radius 2 is 2.15 bits per heavy atom. The Labute approximate surface area is 223 Å². The summed E-state index contributed by atoms with van der Waals surface area (Å²) in [5.74, 6) is -0.701. The van der Waals surface area contributed by atoms with E-state index in [1.54, 1.807) is 47.5 Å². The van der Waals surface area contributed by atoms with E-state index in [0.29, 0.717) is 34.8 Å². The van der Waals surface area contributed by atoms with Gasteiger partial charge in [0.2, 0.25) is 5.91 Å². The predicted molar refractivity (Wildman–Crippen MR) is 139 cm³/mol. The van der Waals surface area contributed by atoms with Gasteiger partial charge in [0, 0.05) is 23.5 Å². The first kappa shape index (κ1) is 26.3. The molecule has 1 aromatic carbocycles. The maximum absolute atomic E-state index is 15.1. The molecule has 0 spiro atoms. The summed E-state index contributed by atoms with van der Waals surface area (Å²) in [6, 6.07) is 7.49. The van der Waals surface area contributed by atoms with Gasteiger partial charge in [0.15, 0.2) is 0 Å². The Hall–Kier alpha value is -4.36. The first-order chi connectivity index (χ1) is 18.8. The van der Waals surface area contributed by atoms with Crippen molar-refractivity contribution in [3.8, 4) is 11.1 Å². The lowest BCUT2D eigenvalue weighted by molar-refractivity contribution is -0.123. The number of amides is 2. The second kappa shape index (κ2) is 11.2. The molecule has 3 aromatic rings. The van der Waals surface area contributed by atoms with Crippen LogP contribution >= 0.6 is 0 Å². The number of carbonyl (C=O) groups excluding carboxylic acids is 2. The number of cyclic esters (lactones) is 1. The summed E-state index contributed by atoms with van der Waals surface area (Å²) in [7, 11) is 0. The van der Waals surface area contributed by atoms with Gasteiger partial charge in [-0.25, -0.2) is 13.9 Å². The molecule has 0 bridgehead atoms. The van der Waals surface area contributed by atoms with Gasteiger partial charge in [0.05, 0.1) is 49.0 Å². The van der Waals surface area contributed by atoms with Crippen molar-refractivity contribution in [2.24, 2.45) is 11.7 Å². The maximum Gasteiger partial charge on any atom is 0.414 e. The van der Waals surface area contributed by atoms with Gasteiger partial charge in [-0.15, -0.1) is 5.10 Å². The Kier molecular flexibility index (Phi) is 7.52. The second-order valence-electron chi connectivity index (χ2n) is 9.69. The van der Waals surface area contributed by atoms with Gasteiger partial charge in [-0.3, -0.25) is 25.0 Å². The van der Waals surface area contributed by atoms with Crippen molar-refractivity contribution in [1.82, 2.24) is 30.8 Å². The van der Waals surface area contributed by atoms with Crippen LogP contribution < -0.4 is 21.4 Å². The highest BCUT2D eigenvalue weighted by atomic mass is 19.1. The molecule has 39 heavy (non-hydrogen) atoms. The van der Waals surface area contributed by atoms with E-state index >= 15 is 4.39 Å². The molecule has 204 valence electrons. The van der Waals surface area contributed by atoms with Crippen LogP contribution in [0.25, 0.3) is 16.8 Å². The molecule has 5 rings (SSSR count). The van der Waals surface area contributed by atoms with E-state index < -0.39 is 24.1 Å². The van der Waals surface area contributed by atoms with Gasteiger partial charge in [0.1, 0.15) is 18.0 Å². The van der Waals surface area contributed by atoms with E-state index in [-0.39, 0.29) is 31.0 Å². The second-order valence-corrected chi connectivity index (χ2v) is 9.69. The zero-order chi connectivity index (χ0) is 27.5. The van der Waals surface area contributed by atoms with Gasteiger partial charge >= 0.3 is 6.09 Å². The number of rotatable bonds is 9. The Balaban J connectivity index is 1.21. The van der Waals surface area contributed by atoms with Crippen LogP contribution in [0.2, 0.25) is 0 Å². The van der Waals surface area contributed by atoms with Crippen molar-refractivity contribution < 1.29 is 23.6 Å². The van der Waals surface area contributed by atoms with Crippen molar-refractivity contribution in [3.05, 3.63) is 66.5 Å². The summed E-state index contributed by atoms with van der Waals surface area (Å²) in [5, 5.41) is 10.4. The van der Waals surface area contributed by atoms with Crippen molar-refractivity contribution in [2.75, 3.05) is 18.0 Å². The minimum absolute atomic E-state index is 0.0302. The number of benzene rings is 1. The number of carbonyl (C=O) groups is 2. The molecule has 0 unspecified atom stereocenters. The molecule has 13 heteroatoms. The smallest absolute Gasteiger partial charge is 0.414 e. The molecule has 2 aliphatic heterocycles. The van der Waals surface area contributed by atoms with Gasteiger partial charge < -0.3 is 15.8 Å². The lowest BCUT2D eigenvalue weighted by Gasteiger charge is -2.16. The number of nitrogens with zero attached hydrogens (tertiary/aromatic N) is 5. The number of hydroxylamine groups is 1. The lowest BCUT2D eigenvalue weighted by Crippen LogP contribution is -2.46. The van der Waals surface area contributed by atoms with Crippen LogP contribution in [0, 0.1) is 11.7 Å². The molecule has 1 saturated heterocycles. The van der Waals surface area contributed by atoms with Crippen molar-refractivity contribution in [3.63, 3.8) is 0 Å². The Morgan fingerprint density at radius 1 is 1.31 bits per heavy atom. The van der Waals surface area contributed by atoms with Crippen molar-refractivity contribution in [1.29, 1.82) is 0 Å². The quantitative estimate of drug-likeness (QED) is 0.372. The normalized spacial score (nSPS) is 19.6. The van der Waals surface area contributed by atoms with Gasteiger partial charge in [-0.1, -0.05) is 25.1 Å². The summed E-state index contributed by atoms with van der Waals surface area (Å²) in [5.41, 5.74) is 11.2. The Bertz CT molecular complexity index is 1360. The monoisotopic (exact) mass is 536 g/mol. The largest absolute Gasteiger partial charge is 0.442 e. The predicted octanol–water partition coefficient (Wildman–Crippen LogP) is 1.85. The standard InChI is InChI=1S/C26H29FN8O4/c1-15(2)24(28)25(36)30-12-18-10-23(32-39-18)22-6-3-16(11-29-22)20-5-4-17(9-21(20)27)35-14-19(38-26(35)37)13-34-8-7-31-33-34/h3-11,15,18-19,24,32H,12-14,28H2,1-2H3,(H,30,36)/t18-,19-,24+/m0/s1. The minimum Gasteiger partial charge on any atom is -0.442 e. The number of aromatic nitrogens is 4. The number of anilines is 1. The molecule has 0 radical (unpaired) electrons. The fourth-order valence-electron chi connectivity index (χ4n) is 4.24. The molecule has 2 aliphatic rings. The zero-order valence-electron chi connectivity index (χ0n) is 21.5. The fourth-order valence-corrected chi connectivity index (χ4v) is 4.24. The highest BCUT2D eigenvalue weighted by molar-refractivity contribution is 5.90. The number of halogens is 1. The number of hydrogen-bond donors (Lipinski definition) is 3. The lowest BCUT2D eigenvalue weighted by atomic mass is 10.0. The van der Waals surface area contributed by atoms with Crippen LogP contribution in [0.5, 0.6) is 0 Å². The van der Waals surface area contributed by atoms with Gasteiger partial charge in [0.25, 0.3) is 0 Å². The summed E-state index contributed by atoms with van der Waals surface area (Å²) in [4.78, 5) is 35.8. The van der Waals surface area contributed by atoms with Crippen molar-refractivity contribution in [2.45, 2.75) is 38.6 Å². The maximum atomic E-state index is 15.1. The molecule has 4 heterocycles. The molecule has 2 aromatic heterocycles. The molecular weight excluding hydrogens is 507 g/mol. The van der Waals surface area contributed by atoms with E-state index in [1.807, 2.05) is 19.9 Å². The number of nitrogens with one attached hydrogen (secondary N) is 2. The molecule has 3 atom stereocenters. The van der Waals surface area contributed by atoms with E-state index in [4.69, 9.17) is 15.3 Å². The third-order valence-electron chi connectivity index (χ3n) is 6.52. The zero-order valence-corrected chi connectivity index (χ0v) is 21.5. The Morgan fingerprint density at radius 3 is 2.85 bits per heavy atom. The van der Waals surface area contributed by atoms with Crippen molar-refractivity contribution >= 4 is 23.4 Å². The number of nitrogens with two attached hydrogens (primary N) is 1. The average Bonchev–Trinajstić information content (AvgIpc) is 3.69. The summed E-state index contributed by atoms with van der Waals surface area (Å²) in [6.07, 6.45) is 5.24.